The monoisotopic (exact) mass is 277 g/mol. The van der Waals surface area contributed by atoms with E-state index in [1.165, 1.54) is 6.07 Å². The molecule has 0 bridgehead atoms. The van der Waals surface area contributed by atoms with Crippen LogP contribution < -0.4 is 4.74 Å². The lowest BCUT2D eigenvalue weighted by molar-refractivity contribution is 0.0193. The summed E-state index contributed by atoms with van der Waals surface area (Å²) < 4.78 is 10.9. The van der Waals surface area contributed by atoms with Crippen LogP contribution in [-0.2, 0) is 4.74 Å². The van der Waals surface area contributed by atoms with Gasteiger partial charge in [0, 0.05) is 11.5 Å². The third-order valence-electron chi connectivity index (χ3n) is 2.45. The van der Waals surface area contributed by atoms with Gasteiger partial charge in [0.15, 0.2) is 0 Å². The minimum atomic E-state index is -1.23. The lowest BCUT2D eigenvalue weighted by Gasteiger charge is -2.18. The molecule has 0 aliphatic rings. The van der Waals surface area contributed by atoms with Gasteiger partial charge in [-0.05, 0) is 26.8 Å². The number of carboxylic acid groups (broad SMARTS) is 1. The maximum atomic E-state index is 11.6. The summed E-state index contributed by atoms with van der Waals surface area (Å²) in [7, 11) is 0. The van der Waals surface area contributed by atoms with Gasteiger partial charge in [0.25, 0.3) is 0 Å². The van der Waals surface area contributed by atoms with Crippen molar-refractivity contribution >= 4 is 23.2 Å². The summed E-state index contributed by atoms with van der Waals surface area (Å²) in [6.45, 7) is 5.09. The van der Waals surface area contributed by atoms with Crippen molar-refractivity contribution in [2.45, 2.75) is 26.4 Å². The number of fused-ring (bicyclic) bond motifs is 1. The lowest BCUT2D eigenvalue weighted by atomic mass is 10.2. The van der Waals surface area contributed by atoms with E-state index in [0.29, 0.717) is 10.9 Å². The van der Waals surface area contributed by atoms with Gasteiger partial charge in [-0.25, -0.2) is 14.2 Å². The number of para-hydroxylation sites is 1. The van der Waals surface area contributed by atoms with Crippen molar-refractivity contribution in [3.63, 3.8) is 0 Å². The normalized spacial score (nSPS) is 11.3. The summed E-state index contributed by atoms with van der Waals surface area (Å²) in [4.78, 5) is 22.9. The number of carbonyl (C=O) groups excluding carboxylic acids is 1. The van der Waals surface area contributed by atoms with Gasteiger partial charge >= 0.3 is 12.2 Å². The van der Waals surface area contributed by atoms with Crippen LogP contribution in [0.2, 0.25) is 0 Å². The first kappa shape index (κ1) is 13.9. The minimum Gasteiger partial charge on any atom is -0.464 e. The molecule has 2 aromatic rings. The molecule has 0 aliphatic carbocycles. The number of nitrogens with zero attached hydrogens (tertiary/aromatic N) is 1. The Bertz CT molecular complexity index is 666. The molecule has 0 unspecified atom stereocenters. The molecule has 2 rings (SSSR count). The van der Waals surface area contributed by atoms with Crippen molar-refractivity contribution < 1.29 is 24.2 Å². The fourth-order valence-electron chi connectivity index (χ4n) is 1.76. The van der Waals surface area contributed by atoms with Crippen LogP contribution in [0.1, 0.15) is 20.8 Å². The maximum Gasteiger partial charge on any atom is 0.515 e. The number of ether oxygens (including phenoxy) is 2. The molecule has 1 aromatic heterocycles. The topological polar surface area (TPSA) is 77.8 Å². The predicted octanol–water partition coefficient (Wildman–Crippen LogP) is 3.48. The molecule has 0 amide bonds. The SMILES string of the molecule is CC(C)(C)OC(=O)Oc1cc2ccccc2n1C(=O)O. The van der Waals surface area contributed by atoms with E-state index in [1.807, 2.05) is 0 Å². The van der Waals surface area contributed by atoms with Crippen LogP contribution >= 0.6 is 0 Å². The van der Waals surface area contributed by atoms with Gasteiger partial charge < -0.3 is 14.6 Å². The van der Waals surface area contributed by atoms with E-state index in [4.69, 9.17) is 9.47 Å². The Hall–Kier alpha value is -2.50. The Morgan fingerprint density at radius 3 is 2.45 bits per heavy atom. The molecule has 1 heterocycles. The third-order valence-corrected chi connectivity index (χ3v) is 2.45. The highest BCUT2D eigenvalue weighted by Gasteiger charge is 2.22. The second-order valence-corrected chi connectivity index (χ2v) is 5.23. The highest BCUT2D eigenvalue weighted by Crippen LogP contribution is 2.26. The van der Waals surface area contributed by atoms with E-state index < -0.39 is 17.8 Å². The molecular formula is C14H15NO5. The molecule has 6 heteroatoms. The van der Waals surface area contributed by atoms with Crippen LogP contribution in [0.4, 0.5) is 9.59 Å². The third kappa shape index (κ3) is 2.90. The van der Waals surface area contributed by atoms with E-state index in [-0.39, 0.29) is 5.88 Å². The van der Waals surface area contributed by atoms with E-state index in [9.17, 15) is 14.7 Å². The molecule has 0 aliphatic heterocycles. The highest BCUT2D eigenvalue weighted by atomic mass is 16.7. The molecule has 0 saturated heterocycles. The van der Waals surface area contributed by atoms with E-state index in [2.05, 4.69) is 0 Å². The number of aromatic nitrogens is 1. The fraction of sp³-hybridized carbons (Fsp3) is 0.286. The molecule has 0 fully saturated rings. The lowest BCUT2D eigenvalue weighted by Crippen LogP contribution is -2.26. The van der Waals surface area contributed by atoms with Crippen LogP contribution in [-0.4, -0.2) is 27.5 Å². The van der Waals surface area contributed by atoms with Gasteiger partial charge in [-0.1, -0.05) is 18.2 Å². The summed E-state index contributed by atoms with van der Waals surface area (Å²) in [6, 6.07) is 8.32. The van der Waals surface area contributed by atoms with E-state index >= 15 is 0 Å². The molecule has 0 atom stereocenters. The molecule has 1 aromatic carbocycles. The number of hydrogen-bond donors (Lipinski definition) is 1. The van der Waals surface area contributed by atoms with Gasteiger partial charge in [-0.2, -0.15) is 0 Å². The Balaban J connectivity index is 2.37. The van der Waals surface area contributed by atoms with Gasteiger partial charge in [0.2, 0.25) is 5.88 Å². The Morgan fingerprint density at radius 2 is 1.85 bits per heavy atom. The molecule has 0 spiro atoms. The summed E-state index contributed by atoms with van der Waals surface area (Å²) in [5.74, 6) is -0.0899. The average Bonchev–Trinajstić information content (AvgIpc) is 2.63. The molecule has 20 heavy (non-hydrogen) atoms. The summed E-state index contributed by atoms with van der Waals surface area (Å²) in [6.07, 6.45) is -2.17. The Labute approximate surface area is 115 Å². The molecule has 0 radical (unpaired) electrons. The number of benzene rings is 1. The zero-order valence-corrected chi connectivity index (χ0v) is 11.4. The summed E-state index contributed by atoms with van der Waals surface area (Å²) >= 11 is 0. The molecule has 6 nitrogen and oxygen atoms in total. The van der Waals surface area contributed by atoms with Gasteiger partial charge in [-0.15, -0.1) is 0 Å². The molecular weight excluding hydrogens is 262 g/mol. The fourth-order valence-corrected chi connectivity index (χ4v) is 1.76. The number of carbonyl (C=O) groups is 2. The standard InChI is InChI=1S/C14H15NO5/c1-14(2,3)20-13(18)19-11-8-9-6-4-5-7-10(9)15(11)12(16)17/h4-8H,1-3H3,(H,16,17). The second kappa shape index (κ2) is 4.88. The van der Waals surface area contributed by atoms with Crippen LogP contribution in [0.15, 0.2) is 30.3 Å². The predicted molar refractivity (Wildman–Crippen MR) is 72.2 cm³/mol. The van der Waals surface area contributed by atoms with Crippen LogP contribution in [0, 0.1) is 0 Å². The minimum absolute atomic E-state index is 0.0899. The first-order valence-electron chi connectivity index (χ1n) is 6.02. The number of hydrogen-bond acceptors (Lipinski definition) is 4. The zero-order valence-electron chi connectivity index (χ0n) is 11.4. The van der Waals surface area contributed by atoms with Crippen molar-refractivity contribution in [2.75, 3.05) is 0 Å². The first-order valence-corrected chi connectivity index (χ1v) is 6.02. The smallest absolute Gasteiger partial charge is 0.464 e. The highest BCUT2D eigenvalue weighted by molar-refractivity contribution is 5.92. The second-order valence-electron chi connectivity index (χ2n) is 5.23. The maximum absolute atomic E-state index is 11.6. The van der Waals surface area contributed by atoms with E-state index in [0.717, 1.165) is 4.57 Å². The molecule has 106 valence electrons. The van der Waals surface area contributed by atoms with Gasteiger partial charge in [0.05, 0.1) is 5.52 Å². The van der Waals surface area contributed by atoms with Crippen molar-refractivity contribution in [2.24, 2.45) is 0 Å². The van der Waals surface area contributed by atoms with Crippen LogP contribution in [0.3, 0.4) is 0 Å². The van der Waals surface area contributed by atoms with Crippen LogP contribution in [0.5, 0.6) is 5.88 Å². The Morgan fingerprint density at radius 1 is 1.20 bits per heavy atom. The van der Waals surface area contributed by atoms with Crippen molar-refractivity contribution in [1.29, 1.82) is 0 Å². The van der Waals surface area contributed by atoms with Crippen molar-refractivity contribution in [3.8, 4) is 5.88 Å². The quantitative estimate of drug-likeness (QED) is 0.807. The number of rotatable bonds is 1. The van der Waals surface area contributed by atoms with Gasteiger partial charge in [0.1, 0.15) is 5.60 Å². The average molecular weight is 277 g/mol. The zero-order chi connectivity index (χ0) is 14.9. The Kier molecular flexibility index (Phi) is 3.40. The summed E-state index contributed by atoms with van der Waals surface area (Å²) in [5, 5.41) is 9.89. The van der Waals surface area contributed by atoms with Crippen molar-refractivity contribution in [3.05, 3.63) is 30.3 Å². The van der Waals surface area contributed by atoms with Gasteiger partial charge in [-0.3, -0.25) is 0 Å². The summed E-state index contributed by atoms with van der Waals surface area (Å²) in [5.41, 5.74) is -0.268. The van der Waals surface area contributed by atoms with Crippen molar-refractivity contribution in [1.82, 2.24) is 4.57 Å². The molecule has 1 N–H and O–H groups in total. The largest absolute Gasteiger partial charge is 0.515 e. The first-order chi connectivity index (χ1) is 9.28. The molecule has 0 saturated carbocycles. The van der Waals surface area contributed by atoms with E-state index in [1.54, 1.807) is 45.0 Å². The van der Waals surface area contributed by atoms with Crippen LogP contribution in [0.25, 0.3) is 10.9 Å².